The number of aliphatic imine (C=N–C) groups is 1. The van der Waals surface area contributed by atoms with Crippen LogP contribution in [0.4, 0.5) is 0 Å². The number of carbonyl (C=O) groups is 1. The quantitative estimate of drug-likeness (QED) is 0.109. The highest BCUT2D eigenvalue weighted by Gasteiger charge is 2.53. The summed E-state index contributed by atoms with van der Waals surface area (Å²) in [6.07, 6.45) is -0.660. The molecule has 1 aliphatic rings. The number of hydrogen-bond acceptors (Lipinski definition) is 9. The first kappa shape index (κ1) is 37.1. The predicted octanol–water partition coefficient (Wildman–Crippen LogP) is 6.57. The van der Waals surface area contributed by atoms with E-state index < -0.39 is 27.4 Å². The number of hydrogen-bond donors (Lipinski definition) is 2. The summed E-state index contributed by atoms with van der Waals surface area (Å²) < 4.78 is 50.8. The van der Waals surface area contributed by atoms with Crippen LogP contribution in [0.25, 0.3) is 11.1 Å². The van der Waals surface area contributed by atoms with Crippen molar-refractivity contribution in [1.82, 2.24) is 5.32 Å². The largest absolute Gasteiger partial charge is 0.497 e. The number of carbonyl (C=O) groups excluding carboxylic acids is 1. The van der Waals surface area contributed by atoms with E-state index in [1.165, 1.54) is 7.11 Å². The molecule has 53 heavy (non-hydrogen) atoms. The monoisotopic (exact) mass is 734 g/mol. The lowest BCUT2D eigenvalue weighted by atomic mass is 9.84. The number of nitrogens with zero attached hydrogens (tertiary/aromatic N) is 1. The van der Waals surface area contributed by atoms with Gasteiger partial charge in [-0.3, -0.25) is 4.79 Å². The van der Waals surface area contributed by atoms with Gasteiger partial charge in [0.15, 0.2) is 21.5 Å². The Balaban J connectivity index is 1.41. The Hall–Kier alpha value is -5.65. The molecule has 0 saturated heterocycles. The molecule has 5 aromatic rings. The van der Waals surface area contributed by atoms with Crippen molar-refractivity contribution in [2.75, 3.05) is 33.2 Å². The van der Waals surface area contributed by atoms with Gasteiger partial charge in [-0.05, 0) is 65.2 Å². The lowest BCUT2D eigenvalue weighted by Crippen LogP contribution is -2.49. The summed E-state index contributed by atoms with van der Waals surface area (Å²) in [5.74, 6) is 1.04. The van der Waals surface area contributed by atoms with Crippen molar-refractivity contribution in [3.8, 4) is 28.4 Å². The third-order valence-electron chi connectivity index (χ3n) is 9.14. The lowest BCUT2D eigenvalue weighted by molar-refractivity contribution is -0.129. The minimum Gasteiger partial charge on any atom is -0.497 e. The lowest BCUT2D eigenvalue weighted by Gasteiger charge is -2.31. The van der Waals surface area contributed by atoms with Crippen LogP contribution in [0.1, 0.15) is 35.6 Å². The molecule has 0 bridgehead atoms. The van der Waals surface area contributed by atoms with Gasteiger partial charge in [0, 0.05) is 43.2 Å². The minimum atomic E-state index is -3.83. The summed E-state index contributed by atoms with van der Waals surface area (Å²) in [6, 6.07) is 38.2. The molecule has 10 nitrogen and oxygen atoms in total. The van der Waals surface area contributed by atoms with Gasteiger partial charge in [-0.2, -0.15) is 0 Å². The van der Waals surface area contributed by atoms with Crippen LogP contribution in [0.5, 0.6) is 17.2 Å². The van der Waals surface area contributed by atoms with Gasteiger partial charge in [0.25, 0.3) is 5.91 Å². The smallest absolute Gasteiger partial charge is 0.252 e. The molecule has 0 spiro atoms. The van der Waals surface area contributed by atoms with E-state index in [0.717, 1.165) is 11.1 Å². The Bertz CT molecular complexity index is 2120. The van der Waals surface area contributed by atoms with Crippen molar-refractivity contribution >= 4 is 21.6 Å². The van der Waals surface area contributed by atoms with Gasteiger partial charge in [0.2, 0.25) is 5.90 Å². The van der Waals surface area contributed by atoms with E-state index in [0.29, 0.717) is 47.0 Å². The fourth-order valence-electron chi connectivity index (χ4n) is 6.21. The zero-order valence-electron chi connectivity index (χ0n) is 29.6. The van der Waals surface area contributed by atoms with Gasteiger partial charge in [-0.1, -0.05) is 72.8 Å². The molecular weight excluding hydrogens is 693 g/mol. The second kappa shape index (κ2) is 16.8. The Kier molecular flexibility index (Phi) is 11.8. The first-order chi connectivity index (χ1) is 25.8. The van der Waals surface area contributed by atoms with Crippen molar-refractivity contribution in [2.24, 2.45) is 4.99 Å². The average Bonchev–Trinajstić information content (AvgIpc) is 3.61. The molecule has 0 aliphatic carbocycles. The van der Waals surface area contributed by atoms with Gasteiger partial charge in [0.1, 0.15) is 17.2 Å². The second-order valence-corrected chi connectivity index (χ2v) is 14.6. The number of amides is 1. The van der Waals surface area contributed by atoms with Crippen molar-refractivity contribution in [1.29, 1.82) is 0 Å². The standard InChI is InChI=1S/C42H42N2O8S/c1-49-36-23-20-34(38(28-36)50-2)29-43-41(46)42(24-27-53(47,48)37-12-7-4-8-13-37)39(32-16-14-31(15-17-32)30-10-5-3-6-11-30)52-40(44-42)33-18-21-35(22-19-33)51-26-9-25-45/h3-8,10-23,28,39,45H,9,24-27,29H2,1-2H3,(H,43,46)/t39-,42-/m1/s1. The number of aliphatic hydroxyl groups excluding tert-OH is 1. The third-order valence-corrected chi connectivity index (χ3v) is 10.9. The van der Waals surface area contributed by atoms with Crippen LogP contribution < -0.4 is 19.5 Å². The molecule has 0 fully saturated rings. The van der Waals surface area contributed by atoms with Crippen LogP contribution in [-0.2, 0) is 25.9 Å². The Morgan fingerprint density at radius 2 is 1.45 bits per heavy atom. The molecule has 0 radical (unpaired) electrons. The van der Waals surface area contributed by atoms with E-state index in [-0.39, 0.29) is 36.1 Å². The van der Waals surface area contributed by atoms with Crippen LogP contribution in [0.3, 0.4) is 0 Å². The van der Waals surface area contributed by atoms with Crippen molar-refractivity contribution in [3.05, 3.63) is 144 Å². The number of benzene rings is 5. The molecule has 0 aromatic heterocycles. The molecule has 274 valence electrons. The van der Waals surface area contributed by atoms with Gasteiger partial charge in [-0.25, -0.2) is 13.4 Å². The summed E-state index contributed by atoms with van der Waals surface area (Å²) in [4.78, 5) is 19.9. The number of rotatable bonds is 16. The van der Waals surface area contributed by atoms with Crippen molar-refractivity contribution in [3.63, 3.8) is 0 Å². The maximum absolute atomic E-state index is 14.8. The number of nitrogens with one attached hydrogen (secondary N) is 1. The Morgan fingerprint density at radius 1 is 0.811 bits per heavy atom. The molecule has 2 N–H and O–H groups in total. The van der Waals surface area contributed by atoms with Gasteiger partial charge >= 0.3 is 0 Å². The van der Waals surface area contributed by atoms with Gasteiger partial charge in [-0.15, -0.1) is 0 Å². The molecule has 1 aliphatic heterocycles. The third kappa shape index (κ3) is 8.54. The van der Waals surface area contributed by atoms with Gasteiger partial charge in [0.05, 0.1) is 31.5 Å². The van der Waals surface area contributed by atoms with E-state index >= 15 is 0 Å². The first-order valence-electron chi connectivity index (χ1n) is 17.3. The summed E-state index contributed by atoms with van der Waals surface area (Å²) in [6.45, 7) is 0.446. The fraction of sp³-hybridized carbons (Fsp3) is 0.238. The minimum absolute atomic E-state index is 0.0197. The molecule has 11 heteroatoms. The van der Waals surface area contributed by atoms with Crippen LogP contribution >= 0.6 is 0 Å². The van der Waals surface area contributed by atoms with E-state index in [1.54, 1.807) is 79.9 Å². The Morgan fingerprint density at radius 3 is 2.11 bits per heavy atom. The summed E-state index contributed by atoms with van der Waals surface area (Å²) in [5, 5.41) is 12.2. The molecular formula is C42H42N2O8S. The molecule has 2 atom stereocenters. The highest BCUT2D eigenvalue weighted by Crippen LogP contribution is 2.44. The number of aliphatic hydroxyl groups is 1. The zero-order chi connectivity index (χ0) is 37.3. The topological polar surface area (TPSA) is 133 Å². The van der Waals surface area contributed by atoms with E-state index in [4.69, 9.17) is 29.0 Å². The molecule has 5 aromatic carbocycles. The van der Waals surface area contributed by atoms with Crippen LogP contribution in [0, 0.1) is 0 Å². The molecule has 1 amide bonds. The maximum atomic E-state index is 14.8. The maximum Gasteiger partial charge on any atom is 0.252 e. The van der Waals surface area contributed by atoms with Crippen molar-refractivity contribution in [2.45, 2.75) is 35.9 Å². The summed E-state index contributed by atoms with van der Waals surface area (Å²) in [5.41, 5.74) is 2.23. The normalized spacial score (nSPS) is 16.7. The SMILES string of the molecule is COc1ccc(CNC(=O)[C@]2(CCS(=O)(=O)c3ccccc3)N=C(c3ccc(OCCCO)cc3)O[C@@H]2c2ccc(-c3ccccc3)cc2)c(OC)c1. The summed E-state index contributed by atoms with van der Waals surface area (Å²) in [7, 11) is -0.729. The molecule has 0 unspecified atom stereocenters. The van der Waals surface area contributed by atoms with E-state index in [2.05, 4.69) is 5.32 Å². The number of sulfone groups is 1. The average molecular weight is 735 g/mol. The summed E-state index contributed by atoms with van der Waals surface area (Å²) >= 11 is 0. The van der Waals surface area contributed by atoms with Gasteiger partial charge < -0.3 is 29.4 Å². The van der Waals surface area contributed by atoms with E-state index in [1.807, 2.05) is 54.6 Å². The predicted molar refractivity (Wildman–Crippen MR) is 203 cm³/mol. The van der Waals surface area contributed by atoms with Crippen LogP contribution in [0.2, 0.25) is 0 Å². The van der Waals surface area contributed by atoms with Crippen molar-refractivity contribution < 1.29 is 37.3 Å². The number of ether oxygens (including phenoxy) is 4. The first-order valence-corrected chi connectivity index (χ1v) is 18.9. The molecule has 6 rings (SSSR count). The number of methoxy groups -OCH3 is 2. The fourth-order valence-corrected chi connectivity index (χ4v) is 7.60. The van der Waals surface area contributed by atoms with E-state index in [9.17, 15) is 13.2 Å². The molecule has 0 saturated carbocycles. The second-order valence-electron chi connectivity index (χ2n) is 12.5. The highest BCUT2D eigenvalue weighted by atomic mass is 32.2. The molecule has 1 heterocycles. The zero-order valence-corrected chi connectivity index (χ0v) is 30.4. The Labute approximate surface area is 310 Å². The van der Waals surface area contributed by atoms with Crippen LogP contribution in [0.15, 0.2) is 137 Å². The highest BCUT2D eigenvalue weighted by molar-refractivity contribution is 7.91. The van der Waals surface area contributed by atoms with Crippen LogP contribution in [-0.4, -0.2) is 64.1 Å².